The molecule has 0 amide bonds. The van der Waals surface area contributed by atoms with Crippen LogP contribution in [0.1, 0.15) is 25.8 Å². The summed E-state index contributed by atoms with van der Waals surface area (Å²) in [6.45, 7) is 8.06. The molecular weight excluding hydrogens is 156 g/mol. The average Bonchev–Trinajstić information content (AvgIpc) is 2.15. The summed E-state index contributed by atoms with van der Waals surface area (Å²) < 4.78 is 0. The first-order chi connectivity index (χ1) is 6.20. The summed E-state index contributed by atoms with van der Waals surface area (Å²) in [5.41, 5.74) is 3.82. The summed E-state index contributed by atoms with van der Waals surface area (Å²) in [6.07, 6.45) is 3.19. The standard InChI is InChI=1S/C13H16/c1-11(2)9-10-12(3)13-7-5-4-6-8-13/h4-8,10H,1,9H2,2-3H3. The lowest BCUT2D eigenvalue weighted by atomic mass is 10.1. The Bertz CT molecular complexity index is 304. The van der Waals surface area contributed by atoms with Crippen molar-refractivity contribution in [2.24, 2.45) is 0 Å². The van der Waals surface area contributed by atoms with Crippen molar-refractivity contribution >= 4 is 5.57 Å². The molecule has 0 unspecified atom stereocenters. The minimum absolute atomic E-state index is 0.973. The summed E-state index contributed by atoms with van der Waals surface area (Å²) >= 11 is 0. The Morgan fingerprint density at radius 3 is 2.38 bits per heavy atom. The molecule has 0 radical (unpaired) electrons. The highest BCUT2D eigenvalue weighted by Crippen LogP contribution is 2.14. The second-order valence-corrected chi connectivity index (χ2v) is 3.41. The smallest absolute Gasteiger partial charge is 0.0138 e. The van der Waals surface area contributed by atoms with Gasteiger partial charge < -0.3 is 0 Å². The Morgan fingerprint density at radius 1 is 1.23 bits per heavy atom. The lowest BCUT2D eigenvalue weighted by Crippen LogP contribution is -1.78. The Morgan fingerprint density at radius 2 is 1.85 bits per heavy atom. The Labute approximate surface area is 80.6 Å². The topological polar surface area (TPSA) is 0 Å². The molecule has 0 atom stereocenters. The molecule has 68 valence electrons. The van der Waals surface area contributed by atoms with Crippen molar-refractivity contribution < 1.29 is 0 Å². The quantitative estimate of drug-likeness (QED) is 0.603. The van der Waals surface area contributed by atoms with Crippen molar-refractivity contribution in [3.8, 4) is 0 Å². The Hall–Kier alpha value is -1.30. The van der Waals surface area contributed by atoms with E-state index >= 15 is 0 Å². The van der Waals surface area contributed by atoms with Gasteiger partial charge >= 0.3 is 0 Å². The summed E-state index contributed by atoms with van der Waals surface area (Å²) in [4.78, 5) is 0. The summed E-state index contributed by atoms with van der Waals surface area (Å²) in [7, 11) is 0. The molecule has 0 aliphatic heterocycles. The van der Waals surface area contributed by atoms with Crippen LogP contribution >= 0.6 is 0 Å². The van der Waals surface area contributed by atoms with Crippen LogP contribution in [-0.4, -0.2) is 0 Å². The molecule has 0 saturated heterocycles. The van der Waals surface area contributed by atoms with Crippen LogP contribution in [0.15, 0.2) is 48.6 Å². The van der Waals surface area contributed by atoms with Crippen LogP contribution in [0, 0.1) is 0 Å². The number of benzene rings is 1. The predicted octanol–water partition coefficient (Wildman–Crippen LogP) is 4.06. The van der Waals surface area contributed by atoms with Gasteiger partial charge in [0.2, 0.25) is 0 Å². The molecule has 0 heteroatoms. The molecule has 1 aromatic carbocycles. The maximum absolute atomic E-state index is 3.88. The SMILES string of the molecule is C=C(C)CC=C(C)c1ccccc1. The van der Waals surface area contributed by atoms with E-state index in [0.717, 1.165) is 6.42 Å². The van der Waals surface area contributed by atoms with E-state index in [1.807, 2.05) is 6.07 Å². The van der Waals surface area contributed by atoms with Crippen LogP contribution in [0.3, 0.4) is 0 Å². The highest BCUT2D eigenvalue weighted by molar-refractivity contribution is 5.63. The lowest BCUT2D eigenvalue weighted by molar-refractivity contribution is 1.22. The van der Waals surface area contributed by atoms with Gasteiger partial charge in [0.15, 0.2) is 0 Å². The van der Waals surface area contributed by atoms with E-state index in [9.17, 15) is 0 Å². The molecule has 1 rings (SSSR count). The van der Waals surface area contributed by atoms with Gasteiger partial charge in [-0.15, -0.1) is 0 Å². The van der Waals surface area contributed by atoms with Gasteiger partial charge in [-0.05, 0) is 31.4 Å². The van der Waals surface area contributed by atoms with Crippen LogP contribution < -0.4 is 0 Å². The molecule has 0 aliphatic rings. The van der Waals surface area contributed by atoms with E-state index in [0.29, 0.717) is 0 Å². The fraction of sp³-hybridized carbons (Fsp3) is 0.231. The average molecular weight is 172 g/mol. The fourth-order valence-corrected chi connectivity index (χ4v) is 1.15. The van der Waals surface area contributed by atoms with Crippen LogP contribution in [-0.2, 0) is 0 Å². The van der Waals surface area contributed by atoms with Gasteiger partial charge in [-0.1, -0.05) is 48.6 Å². The van der Waals surface area contributed by atoms with Crippen molar-refractivity contribution in [1.82, 2.24) is 0 Å². The van der Waals surface area contributed by atoms with Crippen LogP contribution in [0.25, 0.3) is 5.57 Å². The van der Waals surface area contributed by atoms with E-state index in [1.54, 1.807) is 0 Å². The summed E-state index contributed by atoms with van der Waals surface area (Å²) in [5.74, 6) is 0. The first-order valence-electron chi connectivity index (χ1n) is 4.56. The Kier molecular flexibility index (Phi) is 3.51. The molecule has 0 saturated carbocycles. The van der Waals surface area contributed by atoms with Crippen LogP contribution in [0.5, 0.6) is 0 Å². The van der Waals surface area contributed by atoms with Crippen molar-refractivity contribution in [2.75, 3.05) is 0 Å². The maximum Gasteiger partial charge on any atom is -0.0138 e. The maximum atomic E-state index is 3.88. The van der Waals surface area contributed by atoms with Gasteiger partial charge in [0, 0.05) is 0 Å². The van der Waals surface area contributed by atoms with Gasteiger partial charge in [0.25, 0.3) is 0 Å². The number of hydrogen-bond donors (Lipinski definition) is 0. The Balaban J connectivity index is 2.73. The van der Waals surface area contributed by atoms with E-state index in [2.05, 4.69) is 50.8 Å². The largest absolute Gasteiger partial charge is 0.0998 e. The molecule has 0 fully saturated rings. The molecule has 0 aliphatic carbocycles. The van der Waals surface area contributed by atoms with Crippen molar-refractivity contribution in [2.45, 2.75) is 20.3 Å². The highest BCUT2D eigenvalue weighted by atomic mass is 14.0. The van der Waals surface area contributed by atoms with Gasteiger partial charge in [-0.3, -0.25) is 0 Å². The van der Waals surface area contributed by atoms with Gasteiger partial charge in [-0.25, -0.2) is 0 Å². The van der Waals surface area contributed by atoms with Crippen LogP contribution in [0.4, 0.5) is 0 Å². The van der Waals surface area contributed by atoms with Crippen molar-refractivity contribution in [1.29, 1.82) is 0 Å². The summed E-state index contributed by atoms with van der Waals surface area (Å²) in [5, 5.41) is 0. The van der Waals surface area contributed by atoms with E-state index in [-0.39, 0.29) is 0 Å². The number of allylic oxidation sites excluding steroid dienone is 3. The lowest BCUT2D eigenvalue weighted by Gasteiger charge is -2.00. The first kappa shape index (κ1) is 9.79. The van der Waals surface area contributed by atoms with Gasteiger partial charge in [-0.2, -0.15) is 0 Å². The molecule has 0 aromatic heterocycles. The molecule has 13 heavy (non-hydrogen) atoms. The molecule has 0 spiro atoms. The minimum atomic E-state index is 0.973. The number of hydrogen-bond acceptors (Lipinski definition) is 0. The monoisotopic (exact) mass is 172 g/mol. The minimum Gasteiger partial charge on any atom is -0.0998 e. The van der Waals surface area contributed by atoms with E-state index in [4.69, 9.17) is 0 Å². The van der Waals surface area contributed by atoms with Gasteiger partial charge in [0.05, 0.1) is 0 Å². The molecule has 1 aromatic rings. The molecule has 0 N–H and O–H groups in total. The van der Waals surface area contributed by atoms with Crippen molar-refractivity contribution in [3.63, 3.8) is 0 Å². The zero-order valence-corrected chi connectivity index (χ0v) is 8.38. The third-order valence-electron chi connectivity index (χ3n) is 1.99. The van der Waals surface area contributed by atoms with E-state index in [1.165, 1.54) is 16.7 Å². The highest BCUT2D eigenvalue weighted by Gasteiger charge is 1.92. The molecule has 0 heterocycles. The second kappa shape index (κ2) is 4.66. The molecule has 0 nitrogen and oxygen atoms in total. The zero-order chi connectivity index (χ0) is 9.68. The third kappa shape index (κ3) is 3.29. The van der Waals surface area contributed by atoms with Gasteiger partial charge in [0.1, 0.15) is 0 Å². The predicted molar refractivity (Wildman–Crippen MR) is 59.5 cm³/mol. The second-order valence-electron chi connectivity index (χ2n) is 3.41. The fourth-order valence-electron chi connectivity index (χ4n) is 1.15. The molecular formula is C13H16. The zero-order valence-electron chi connectivity index (χ0n) is 8.38. The summed E-state index contributed by atoms with van der Waals surface area (Å²) in [6, 6.07) is 10.4. The first-order valence-corrected chi connectivity index (χ1v) is 4.56. The number of rotatable bonds is 3. The van der Waals surface area contributed by atoms with Crippen LogP contribution in [0.2, 0.25) is 0 Å². The van der Waals surface area contributed by atoms with E-state index < -0.39 is 0 Å². The molecule has 0 bridgehead atoms. The van der Waals surface area contributed by atoms with Crippen molar-refractivity contribution in [3.05, 3.63) is 54.1 Å². The third-order valence-corrected chi connectivity index (χ3v) is 1.99. The normalized spacial score (nSPS) is 11.4.